The normalized spacial score (nSPS) is 11.7. The van der Waals surface area contributed by atoms with Crippen molar-refractivity contribution in [3.05, 3.63) is 0 Å². The van der Waals surface area contributed by atoms with Crippen LogP contribution in [0.5, 0.6) is 0 Å². The molecule has 0 rings (SSSR count). The van der Waals surface area contributed by atoms with Gasteiger partial charge in [-0.05, 0) is 0 Å². The van der Waals surface area contributed by atoms with Gasteiger partial charge in [-0.1, -0.05) is 0 Å². The van der Waals surface area contributed by atoms with Crippen molar-refractivity contribution in [1.82, 2.24) is 4.90 Å². The Hall–Kier alpha value is -0.770. The van der Waals surface area contributed by atoms with Crippen molar-refractivity contribution in [2.45, 2.75) is 0 Å². The third-order valence-electron chi connectivity index (χ3n) is 0.832. The Morgan fingerprint density at radius 2 is 2.22 bits per heavy atom. The number of aliphatic hydroxyl groups excluding tert-OH is 1. The summed E-state index contributed by atoms with van der Waals surface area (Å²) in [5.74, 6) is 0.448. The van der Waals surface area contributed by atoms with Gasteiger partial charge in [0.1, 0.15) is 0 Å². The van der Waals surface area contributed by atoms with Gasteiger partial charge in [0.25, 0.3) is 0 Å². The lowest BCUT2D eigenvalue weighted by atomic mass is 10.7. The average molecular weight is 131 g/mol. The highest BCUT2D eigenvalue weighted by Gasteiger charge is 1.89. The van der Waals surface area contributed by atoms with E-state index in [2.05, 4.69) is 4.99 Å². The summed E-state index contributed by atoms with van der Waals surface area (Å²) in [6.45, 7) is 0.429. The lowest BCUT2D eigenvalue weighted by Gasteiger charge is -2.09. The smallest absolute Gasteiger partial charge is 0.190 e. The third-order valence-corrected chi connectivity index (χ3v) is 0.832. The molecule has 0 fully saturated rings. The molecule has 4 heteroatoms. The second kappa shape index (κ2) is 4.14. The Kier molecular flexibility index (Phi) is 3.79. The standard InChI is InChI=1S/C5H13N3O/c1-8(2)5(6)7-3-4-9/h9H,3-4H2,1-2H3,(H2,6,7). The van der Waals surface area contributed by atoms with Crippen molar-refractivity contribution in [2.24, 2.45) is 10.7 Å². The van der Waals surface area contributed by atoms with Gasteiger partial charge in [-0.3, -0.25) is 4.99 Å². The van der Waals surface area contributed by atoms with Crippen LogP contribution in [0.2, 0.25) is 0 Å². The largest absolute Gasteiger partial charge is 0.394 e. The topological polar surface area (TPSA) is 61.8 Å². The van der Waals surface area contributed by atoms with E-state index < -0.39 is 0 Å². The molecule has 4 nitrogen and oxygen atoms in total. The van der Waals surface area contributed by atoms with Crippen LogP contribution in [0.3, 0.4) is 0 Å². The molecule has 0 heterocycles. The summed E-state index contributed by atoms with van der Waals surface area (Å²) in [4.78, 5) is 5.50. The first kappa shape index (κ1) is 8.23. The molecule has 0 saturated heterocycles. The summed E-state index contributed by atoms with van der Waals surface area (Å²) < 4.78 is 0. The minimum atomic E-state index is 0.0501. The molecule has 3 N–H and O–H groups in total. The Bertz CT molecular complexity index is 100. The summed E-state index contributed by atoms with van der Waals surface area (Å²) in [6.07, 6.45) is 0. The molecule has 0 aromatic heterocycles. The molecule has 9 heavy (non-hydrogen) atoms. The first-order valence-electron chi connectivity index (χ1n) is 2.76. The molecule has 0 radical (unpaired) electrons. The van der Waals surface area contributed by atoms with E-state index in [0.717, 1.165) is 0 Å². The summed E-state index contributed by atoms with van der Waals surface area (Å²) in [7, 11) is 3.60. The van der Waals surface area contributed by atoms with E-state index in [9.17, 15) is 0 Å². The minimum absolute atomic E-state index is 0.0501. The Balaban J connectivity index is 3.55. The van der Waals surface area contributed by atoms with Crippen LogP contribution >= 0.6 is 0 Å². The van der Waals surface area contributed by atoms with Gasteiger partial charge in [-0.25, -0.2) is 0 Å². The molecule has 0 unspecified atom stereocenters. The van der Waals surface area contributed by atoms with Crippen LogP contribution in [-0.2, 0) is 0 Å². The Morgan fingerprint density at radius 3 is 2.56 bits per heavy atom. The highest BCUT2D eigenvalue weighted by Crippen LogP contribution is 1.74. The zero-order valence-electron chi connectivity index (χ0n) is 5.83. The number of nitrogens with zero attached hydrogens (tertiary/aromatic N) is 2. The van der Waals surface area contributed by atoms with Crippen molar-refractivity contribution < 1.29 is 5.11 Å². The lowest BCUT2D eigenvalue weighted by molar-refractivity contribution is 0.306. The number of aliphatic hydroxyl groups is 1. The van der Waals surface area contributed by atoms with E-state index in [0.29, 0.717) is 12.5 Å². The molecule has 0 atom stereocenters. The summed E-state index contributed by atoms with van der Waals surface area (Å²) in [5.41, 5.74) is 5.37. The van der Waals surface area contributed by atoms with Gasteiger partial charge in [0.2, 0.25) is 0 Å². The molecular formula is C5H13N3O. The van der Waals surface area contributed by atoms with Crippen LogP contribution < -0.4 is 5.73 Å². The van der Waals surface area contributed by atoms with E-state index in [4.69, 9.17) is 10.8 Å². The van der Waals surface area contributed by atoms with Crippen molar-refractivity contribution in [2.75, 3.05) is 27.2 Å². The SMILES string of the molecule is CN(C)C(N)=NCCO. The quantitative estimate of drug-likeness (QED) is 0.367. The molecule has 0 bridgehead atoms. The van der Waals surface area contributed by atoms with Gasteiger partial charge in [0.15, 0.2) is 5.96 Å². The number of aliphatic imine (C=N–C) groups is 1. The second-order valence-electron chi connectivity index (χ2n) is 1.86. The van der Waals surface area contributed by atoms with Gasteiger partial charge in [-0.2, -0.15) is 0 Å². The fraction of sp³-hybridized carbons (Fsp3) is 0.800. The average Bonchev–Trinajstić information content (AvgIpc) is 1.82. The highest BCUT2D eigenvalue weighted by atomic mass is 16.3. The second-order valence-corrected chi connectivity index (χ2v) is 1.86. The molecule has 0 saturated carbocycles. The van der Waals surface area contributed by atoms with Crippen molar-refractivity contribution >= 4 is 5.96 Å². The first-order valence-corrected chi connectivity index (χ1v) is 2.76. The van der Waals surface area contributed by atoms with E-state index in [-0.39, 0.29) is 6.61 Å². The van der Waals surface area contributed by atoms with Crippen molar-refractivity contribution in [1.29, 1.82) is 0 Å². The number of hydrogen-bond donors (Lipinski definition) is 2. The third kappa shape index (κ3) is 3.78. The summed E-state index contributed by atoms with van der Waals surface area (Å²) in [5, 5.41) is 8.32. The van der Waals surface area contributed by atoms with Gasteiger partial charge >= 0.3 is 0 Å². The summed E-state index contributed by atoms with van der Waals surface area (Å²) >= 11 is 0. The van der Waals surface area contributed by atoms with Gasteiger partial charge < -0.3 is 15.7 Å². The highest BCUT2D eigenvalue weighted by molar-refractivity contribution is 5.77. The van der Waals surface area contributed by atoms with E-state index in [1.165, 1.54) is 0 Å². The number of rotatable bonds is 2. The van der Waals surface area contributed by atoms with Gasteiger partial charge in [0, 0.05) is 14.1 Å². The van der Waals surface area contributed by atoms with Crippen LogP contribution in [-0.4, -0.2) is 43.2 Å². The van der Waals surface area contributed by atoms with Crippen molar-refractivity contribution in [3.63, 3.8) is 0 Å². The summed E-state index contributed by atoms with van der Waals surface area (Å²) in [6, 6.07) is 0. The van der Waals surface area contributed by atoms with E-state index in [1.807, 2.05) is 0 Å². The maximum Gasteiger partial charge on any atom is 0.190 e. The minimum Gasteiger partial charge on any atom is -0.394 e. The van der Waals surface area contributed by atoms with Gasteiger partial charge in [-0.15, -0.1) is 0 Å². The monoisotopic (exact) mass is 131 g/mol. The predicted molar refractivity (Wildman–Crippen MR) is 37.3 cm³/mol. The number of guanidine groups is 1. The molecule has 0 aliphatic carbocycles. The maximum absolute atomic E-state index is 8.32. The maximum atomic E-state index is 8.32. The van der Waals surface area contributed by atoms with Gasteiger partial charge in [0.05, 0.1) is 13.2 Å². The molecule has 0 aromatic rings. The fourth-order valence-electron chi connectivity index (χ4n) is 0.306. The number of hydrogen-bond acceptors (Lipinski definition) is 2. The molecule has 54 valence electrons. The first-order chi connectivity index (χ1) is 4.18. The molecule has 0 amide bonds. The molecule has 0 spiro atoms. The fourth-order valence-corrected chi connectivity index (χ4v) is 0.306. The van der Waals surface area contributed by atoms with Crippen LogP contribution in [0.15, 0.2) is 4.99 Å². The molecule has 0 aliphatic heterocycles. The zero-order chi connectivity index (χ0) is 7.28. The van der Waals surface area contributed by atoms with Crippen LogP contribution in [0.4, 0.5) is 0 Å². The van der Waals surface area contributed by atoms with Crippen LogP contribution in [0.25, 0.3) is 0 Å². The Labute approximate surface area is 55.0 Å². The van der Waals surface area contributed by atoms with Crippen LogP contribution in [0.1, 0.15) is 0 Å². The van der Waals surface area contributed by atoms with E-state index >= 15 is 0 Å². The molecule has 0 aliphatic rings. The number of nitrogens with two attached hydrogens (primary N) is 1. The molecule has 0 aromatic carbocycles. The lowest BCUT2D eigenvalue weighted by Crippen LogP contribution is -2.30. The Morgan fingerprint density at radius 1 is 1.67 bits per heavy atom. The van der Waals surface area contributed by atoms with Crippen LogP contribution in [0, 0.1) is 0 Å². The zero-order valence-corrected chi connectivity index (χ0v) is 5.83. The van der Waals surface area contributed by atoms with Crippen molar-refractivity contribution in [3.8, 4) is 0 Å². The predicted octanol–water partition coefficient (Wildman–Crippen LogP) is -1.14. The molecular weight excluding hydrogens is 118 g/mol. The van der Waals surface area contributed by atoms with E-state index in [1.54, 1.807) is 19.0 Å².